The van der Waals surface area contributed by atoms with Gasteiger partial charge in [0.15, 0.2) is 0 Å². The van der Waals surface area contributed by atoms with Gasteiger partial charge in [-0.05, 0) is 0 Å². The summed E-state index contributed by atoms with van der Waals surface area (Å²) in [5.41, 5.74) is 0.224. The van der Waals surface area contributed by atoms with Crippen LogP contribution in [-0.4, -0.2) is 47.3 Å². The zero-order valence-corrected chi connectivity index (χ0v) is 8.38. The molecule has 2 N–H and O–H groups in total. The SMILES string of the molecule is COCC(O)CNC(=O)c1cnccn1. The first-order chi connectivity index (χ1) is 7.24. The lowest BCUT2D eigenvalue weighted by molar-refractivity contribution is 0.0608. The Morgan fingerprint density at radius 3 is 3.07 bits per heavy atom. The van der Waals surface area contributed by atoms with Gasteiger partial charge in [-0.2, -0.15) is 0 Å². The number of aliphatic hydroxyl groups excluding tert-OH is 1. The van der Waals surface area contributed by atoms with Crippen LogP contribution in [0, 0.1) is 0 Å². The van der Waals surface area contributed by atoms with Crippen molar-refractivity contribution in [1.29, 1.82) is 0 Å². The van der Waals surface area contributed by atoms with Gasteiger partial charge in [0.1, 0.15) is 5.69 Å². The summed E-state index contributed by atoms with van der Waals surface area (Å²) < 4.78 is 4.71. The summed E-state index contributed by atoms with van der Waals surface area (Å²) in [5, 5.41) is 11.8. The molecule has 1 unspecified atom stereocenters. The van der Waals surface area contributed by atoms with E-state index in [2.05, 4.69) is 15.3 Å². The molecule has 1 rings (SSSR count). The van der Waals surface area contributed by atoms with Gasteiger partial charge in [0.25, 0.3) is 5.91 Å². The molecule has 0 bridgehead atoms. The number of aliphatic hydroxyl groups is 1. The molecule has 6 heteroatoms. The van der Waals surface area contributed by atoms with E-state index in [0.29, 0.717) is 0 Å². The van der Waals surface area contributed by atoms with E-state index in [9.17, 15) is 9.90 Å². The van der Waals surface area contributed by atoms with Crippen molar-refractivity contribution in [3.05, 3.63) is 24.3 Å². The molecule has 0 radical (unpaired) electrons. The van der Waals surface area contributed by atoms with Gasteiger partial charge in [-0.25, -0.2) is 4.98 Å². The minimum absolute atomic E-state index is 0.128. The second kappa shape index (κ2) is 6.05. The molecule has 82 valence electrons. The fourth-order valence-electron chi connectivity index (χ4n) is 0.969. The van der Waals surface area contributed by atoms with E-state index in [0.717, 1.165) is 0 Å². The van der Waals surface area contributed by atoms with Crippen molar-refractivity contribution in [3.8, 4) is 0 Å². The van der Waals surface area contributed by atoms with Crippen LogP contribution in [0.5, 0.6) is 0 Å². The Kier molecular flexibility index (Phi) is 4.65. The fraction of sp³-hybridized carbons (Fsp3) is 0.444. The Bertz CT molecular complexity index is 305. The van der Waals surface area contributed by atoms with Gasteiger partial charge in [-0.1, -0.05) is 0 Å². The van der Waals surface area contributed by atoms with E-state index in [4.69, 9.17) is 4.74 Å². The largest absolute Gasteiger partial charge is 0.389 e. The van der Waals surface area contributed by atoms with Crippen molar-refractivity contribution < 1.29 is 14.6 Å². The van der Waals surface area contributed by atoms with E-state index >= 15 is 0 Å². The summed E-state index contributed by atoms with van der Waals surface area (Å²) in [7, 11) is 1.48. The summed E-state index contributed by atoms with van der Waals surface area (Å²) in [4.78, 5) is 19.0. The Labute approximate surface area is 87.3 Å². The number of amides is 1. The van der Waals surface area contributed by atoms with Gasteiger partial charge in [-0.15, -0.1) is 0 Å². The van der Waals surface area contributed by atoms with Crippen LogP contribution in [-0.2, 0) is 4.74 Å². The molecule has 15 heavy (non-hydrogen) atoms. The van der Waals surface area contributed by atoms with Crippen LogP contribution in [0.15, 0.2) is 18.6 Å². The number of carbonyl (C=O) groups excluding carboxylic acids is 1. The number of hydrogen-bond acceptors (Lipinski definition) is 5. The number of ether oxygens (including phenoxy) is 1. The van der Waals surface area contributed by atoms with E-state index < -0.39 is 6.10 Å². The lowest BCUT2D eigenvalue weighted by atomic mass is 10.3. The van der Waals surface area contributed by atoms with E-state index in [1.807, 2.05) is 0 Å². The molecule has 0 aromatic carbocycles. The highest BCUT2D eigenvalue weighted by atomic mass is 16.5. The Morgan fingerprint density at radius 1 is 1.67 bits per heavy atom. The standard InChI is InChI=1S/C9H13N3O3/c1-15-6-7(13)4-12-9(14)8-5-10-2-3-11-8/h2-3,5,7,13H,4,6H2,1H3,(H,12,14). The number of carbonyl (C=O) groups is 1. The van der Waals surface area contributed by atoms with Crippen molar-refractivity contribution in [1.82, 2.24) is 15.3 Å². The van der Waals surface area contributed by atoms with Crippen LogP contribution < -0.4 is 5.32 Å². The maximum absolute atomic E-state index is 11.4. The molecular weight excluding hydrogens is 198 g/mol. The number of hydrogen-bond donors (Lipinski definition) is 2. The van der Waals surface area contributed by atoms with Crippen LogP contribution >= 0.6 is 0 Å². The highest BCUT2D eigenvalue weighted by molar-refractivity contribution is 5.91. The lowest BCUT2D eigenvalue weighted by Gasteiger charge is -2.09. The van der Waals surface area contributed by atoms with Crippen molar-refractivity contribution in [2.45, 2.75) is 6.10 Å². The number of aromatic nitrogens is 2. The average Bonchev–Trinajstić information content (AvgIpc) is 2.27. The third-order valence-corrected chi connectivity index (χ3v) is 1.65. The molecular formula is C9H13N3O3. The van der Waals surface area contributed by atoms with Crippen LogP contribution in [0.25, 0.3) is 0 Å². The van der Waals surface area contributed by atoms with Crippen molar-refractivity contribution in [2.24, 2.45) is 0 Å². The third kappa shape index (κ3) is 4.01. The topological polar surface area (TPSA) is 84.3 Å². The summed E-state index contributed by atoms with van der Waals surface area (Å²) >= 11 is 0. The molecule has 0 saturated heterocycles. The Morgan fingerprint density at radius 2 is 2.47 bits per heavy atom. The second-order valence-electron chi connectivity index (χ2n) is 2.91. The minimum atomic E-state index is -0.712. The maximum Gasteiger partial charge on any atom is 0.271 e. The maximum atomic E-state index is 11.4. The zero-order chi connectivity index (χ0) is 11.1. The first kappa shape index (κ1) is 11.5. The van der Waals surface area contributed by atoms with E-state index in [1.54, 1.807) is 0 Å². The molecule has 6 nitrogen and oxygen atoms in total. The molecule has 1 atom stereocenters. The fourth-order valence-corrected chi connectivity index (χ4v) is 0.969. The molecule has 1 amide bonds. The summed E-state index contributed by atoms with van der Waals surface area (Å²) in [6.45, 7) is 0.310. The molecule has 0 saturated carbocycles. The molecule has 1 heterocycles. The molecule has 0 fully saturated rings. The van der Waals surface area contributed by atoms with Crippen molar-refractivity contribution in [3.63, 3.8) is 0 Å². The second-order valence-corrected chi connectivity index (χ2v) is 2.91. The summed E-state index contributed by atoms with van der Waals surface area (Å²) in [5.74, 6) is -0.363. The van der Waals surface area contributed by atoms with Gasteiger partial charge < -0.3 is 15.2 Å². The third-order valence-electron chi connectivity index (χ3n) is 1.65. The summed E-state index contributed by atoms with van der Waals surface area (Å²) in [6, 6.07) is 0. The number of rotatable bonds is 5. The summed E-state index contributed by atoms with van der Waals surface area (Å²) in [6.07, 6.45) is 3.56. The normalized spacial score (nSPS) is 12.1. The average molecular weight is 211 g/mol. The molecule has 0 spiro atoms. The monoisotopic (exact) mass is 211 g/mol. The Balaban J connectivity index is 2.37. The van der Waals surface area contributed by atoms with Gasteiger partial charge in [0, 0.05) is 26.0 Å². The van der Waals surface area contributed by atoms with E-state index in [-0.39, 0.29) is 24.8 Å². The minimum Gasteiger partial charge on any atom is -0.389 e. The lowest BCUT2D eigenvalue weighted by Crippen LogP contribution is -2.34. The highest BCUT2D eigenvalue weighted by Crippen LogP contribution is 1.90. The van der Waals surface area contributed by atoms with Gasteiger partial charge in [-0.3, -0.25) is 9.78 Å². The number of nitrogens with zero attached hydrogens (tertiary/aromatic N) is 2. The smallest absolute Gasteiger partial charge is 0.271 e. The van der Waals surface area contributed by atoms with Gasteiger partial charge in [0.2, 0.25) is 0 Å². The van der Waals surface area contributed by atoms with Crippen molar-refractivity contribution in [2.75, 3.05) is 20.3 Å². The number of nitrogens with one attached hydrogen (secondary N) is 1. The molecule has 1 aromatic rings. The first-order valence-corrected chi connectivity index (χ1v) is 4.45. The van der Waals surface area contributed by atoms with Gasteiger partial charge >= 0.3 is 0 Å². The predicted octanol–water partition coefficient (Wildman–Crippen LogP) is -0.786. The van der Waals surface area contributed by atoms with E-state index in [1.165, 1.54) is 25.7 Å². The first-order valence-electron chi connectivity index (χ1n) is 4.45. The quantitative estimate of drug-likeness (QED) is 0.667. The molecule has 0 aliphatic rings. The Hall–Kier alpha value is -1.53. The van der Waals surface area contributed by atoms with Crippen molar-refractivity contribution >= 4 is 5.91 Å². The van der Waals surface area contributed by atoms with Crippen LogP contribution in [0.4, 0.5) is 0 Å². The molecule has 1 aromatic heterocycles. The van der Waals surface area contributed by atoms with Crippen LogP contribution in [0.2, 0.25) is 0 Å². The highest BCUT2D eigenvalue weighted by Gasteiger charge is 2.09. The van der Waals surface area contributed by atoms with Gasteiger partial charge in [0.05, 0.1) is 18.9 Å². The molecule has 0 aliphatic heterocycles. The molecule has 0 aliphatic carbocycles. The number of methoxy groups -OCH3 is 1. The van der Waals surface area contributed by atoms with Crippen LogP contribution in [0.3, 0.4) is 0 Å². The zero-order valence-electron chi connectivity index (χ0n) is 8.38. The van der Waals surface area contributed by atoms with Crippen LogP contribution in [0.1, 0.15) is 10.5 Å². The predicted molar refractivity (Wildman–Crippen MR) is 52.2 cm³/mol.